The molecule has 0 unspecified atom stereocenters. The zero-order valence-corrected chi connectivity index (χ0v) is 7.72. The fraction of sp³-hybridized carbons (Fsp3) is 0.667. The first-order valence-corrected chi connectivity index (χ1v) is 1.63. The summed E-state index contributed by atoms with van der Waals surface area (Å²) in [4.78, 5) is 0. The molecule has 0 N–H and O–H groups in total. The van der Waals surface area contributed by atoms with E-state index in [2.05, 4.69) is 0 Å². The molecule has 9 heavy (non-hydrogen) atoms. The van der Waals surface area contributed by atoms with E-state index in [9.17, 15) is 22.0 Å². The average Bonchev–Trinajstić information content (AvgIpc) is 1.67. The van der Waals surface area contributed by atoms with Gasteiger partial charge in [-0.15, -0.1) is 0 Å². The van der Waals surface area contributed by atoms with Gasteiger partial charge in [-0.1, -0.05) is 0 Å². The topological polar surface area (TPSA) is 0 Å². The minimum Gasteiger partial charge on any atom is -0.415 e. The number of halogens is 5. The first kappa shape index (κ1) is 12.9. The van der Waals surface area contributed by atoms with E-state index >= 15 is 0 Å². The monoisotopic (exact) mass is 172 g/mol. The Morgan fingerprint density at radius 1 is 1.22 bits per heavy atom. The molecule has 0 rings (SSSR count). The van der Waals surface area contributed by atoms with Crippen molar-refractivity contribution in [1.82, 2.24) is 0 Å². The van der Waals surface area contributed by atoms with E-state index in [4.69, 9.17) is 0 Å². The van der Waals surface area contributed by atoms with E-state index < -0.39 is 19.0 Å². The van der Waals surface area contributed by atoms with Gasteiger partial charge in [0.2, 0.25) is 5.92 Å². The minimum absolute atomic E-state index is 0. The molecule has 0 saturated heterocycles. The third kappa shape index (κ3) is 4.66. The predicted octanol–water partition coefficient (Wildman–Crippen LogP) is -0.976. The average molecular weight is 172 g/mol. The van der Waals surface area contributed by atoms with Crippen LogP contribution in [0.25, 0.3) is 0 Å². The molecule has 0 spiro atoms. The van der Waals surface area contributed by atoms with Crippen LogP contribution >= 0.6 is 0 Å². The van der Waals surface area contributed by atoms with Gasteiger partial charge in [0.15, 0.2) is 0 Å². The second-order valence-corrected chi connectivity index (χ2v) is 1.10. The van der Waals surface area contributed by atoms with Crippen molar-refractivity contribution < 1.29 is 73.3 Å². The van der Waals surface area contributed by atoms with Crippen molar-refractivity contribution in [2.45, 2.75) is 5.92 Å². The molecule has 0 aromatic carbocycles. The number of hydrogen-bond donors (Lipinski definition) is 0. The van der Waals surface area contributed by atoms with Gasteiger partial charge in [-0.25, -0.2) is 13.2 Å². The van der Waals surface area contributed by atoms with Crippen LogP contribution in [0.3, 0.4) is 0 Å². The van der Waals surface area contributed by atoms with Crippen molar-refractivity contribution in [2.24, 2.45) is 0 Å². The molecule has 50 valence electrons. The van der Waals surface area contributed by atoms with E-state index in [-0.39, 0.29) is 51.4 Å². The van der Waals surface area contributed by atoms with E-state index in [0.717, 1.165) is 0 Å². The third-order valence-electron chi connectivity index (χ3n) is 0.444. The van der Waals surface area contributed by atoms with Crippen LogP contribution in [0.15, 0.2) is 0 Å². The van der Waals surface area contributed by atoms with E-state index in [1.54, 1.807) is 0 Å². The van der Waals surface area contributed by atoms with Crippen LogP contribution in [-0.2, 0) is 0 Å². The molecule has 0 aromatic rings. The van der Waals surface area contributed by atoms with Crippen LogP contribution in [0.5, 0.6) is 0 Å². The summed E-state index contributed by atoms with van der Waals surface area (Å²) in [6.45, 7) is -2.34. The number of hydrogen-bond acceptors (Lipinski definition) is 0. The van der Waals surface area contributed by atoms with Gasteiger partial charge in [-0.05, 0) is 0 Å². The second kappa shape index (κ2) is 5.01. The van der Waals surface area contributed by atoms with Crippen LogP contribution in [0.1, 0.15) is 0 Å². The number of alkyl halides is 3. The van der Waals surface area contributed by atoms with Crippen LogP contribution < -0.4 is 51.4 Å². The van der Waals surface area contributed by atoms with Gasteiger partial charge in [0.1, 0.15) is 6.67 Å². The molecule has 0 aromatic heterocycles. The Kier molecular flexibility index (Phi) is 7.19. The first-order chi connectivity index (χ1) is 3.50. The van der Waals surface area contributed by atoms with Crippen LogP contribution in [0.2, 0.25) is 0 Å². The molecule has 0 aliphatic rings. The summed E-state index contributed by atoms with van der Waals surface area (Å²) in [6, 6.07) is 0. The zero-order valence-electron chi connectivity index (χ0n) is 4.60. The van der Waals surface area contributed by atoms with Crippen LogP contribution in [0, 0.1) is 6.43 Å². The van der Waals surface area contributed by atoms with Gasteiger partial charge in [0, 0.05) is 0 Å². The zero-order chi connectivity index (χ0) is 6.78. The van der Waals surface area contributed by atoms with Crippen molar-refractivity contribution in [3.05, 3.63) is 6.43 Å². The second-order valence-electron chi connectivity index (χ2n) is 1.10. The van der Waals surface area contributed by atoms with Crippen molar-refractivity contribution >= 4 is 0 Å². The van der Waals surface area contributed by atoms with Gasteiger partial charge >= 0.3 is 51.4 Å². The Hall–Kier alpha value is 1.29. The summed E-state index contributed by atoms with van der Waals surface area (Å²) < 4.78 is 54.5. The fourth-order valence-corrected chi connectivity index (χ4v) is 0.0505. The van der Waals surface area contributed by atoms with Gasteiger partial charge in [0.25, 0.3) is 0 Å². The molecular formula is C3H2F5K. The summed E-state index contributed by atoms with van der Waals surface area (Å²) in [5.41, 5.74) is 0. The van der Waals surface area contributed by atoms with Crippen molar-refractivity contribution in [2.75, 3.05) is 6.67 Å². The Labute approximate surface area is 91.2 Å². The molecule has 0 radical (unpaired) electrons. The summed E-state index contributed by atoms with van der Waals surface area (Å²) in [5.74, 6) is -4.54. The Balaban J connectivity index is 0. The minimum atomic E-state index is -4.54. The maximum Gasteiger partial charge on any atom is 1.00 e. The van der Waals surface area contributed by atoms with E-state index in [1.165, 1.54) is 0 Å². The fourth-order valence-electron chi connectivity index (χ4n) is 0.0505. The van der Waals surface area contributed by atoms with Crippen molar-refractivity contribution in [3.8, 4) is 0 Å². The molecule has 0 aliphatic heterocycles. The largest absolute Gasteiger partial charge is 1.00 e. The maximum atomic E-state index is 11.1. The van der Waals surface area contributed by atoms with Gasteiger partial charge in [0.05, 0.1) is 6.43 Å². The summed E-state index contributed by atoms with van der Waals surface area (Å²) in [5, 5.41) is 0. The number of rotatable bonds is 2. The van der Waals surface area contributed by atoms with Crippen LogP contribution in [-0.4, -0.2) is 12.6 Å². The molecule has 0 nitrogen and oxygen atoms in total. The first-order valence-electron chi connectivity index (χ1n) is 1.63. The normalized spacial score (nSPS) is 11.3. The molecule has 0 bridgehead atoms. The Bertz CT molecular complexity index is 72.6. The Morgan fingerprint density at radius 3 is 1.56 bits per heavy atom. The van der Waals surface area contributed by atoms with E-state index in [0.29, 0.717) is 0 Å². The van der Waals surface area contributed by atoms with E-state index in [1.807, 2.05) is 0 Å². The molecule has 0 amide bonds. The SMILES string of the molecule is FCC(F)(F)[C-](F)F.[K+]. The van der Waals surface area contributed by atoms with Crippen molar-refractivity contribution in [3.63, 3.8) is 0 Å². The van der Waals surface area contributed by atoms with Gasteiger partial charge in [-0.2, -0.15) is 0 Å². The Morgan fingerprint density at radius 2 is 1.56 bits per heavy atom. The molecule has 0 saturated carbocycles. The summed E-state index contributed by atoms with van der Waals surface area (Å²) in [7, 11) is 0. The predicted molar refractivity (Wildman–Crippen MR) is 16.4 cm³/mol. The molecule has 6 heteroatoms. The van der Waals surface area contributed by atoms with Gasteiger partial charge < -0.3 is 8.78 Å². The standard InChI is InChI=1S/C3H2F5.K/c4-1-3(7,8)2(5)6;/h1H2;/q-1;+1. The molecule has 0 heterocycles. The third-order valence-corrected chi connectivity index (χ3v) is 0.444. The summed E-state index contributed by atoms with van der Waals surface area (Å²) in [6.07, 6.45) is -3.18. The summed E-state index contributed by atoms with van der Waals surface area (Å²) >= 11 is 0. The molecule has 0 fully saturated rings. The van der Waals surface area contributed by atoms with Crippen LogP contribution in [0.4, 0.5) is 22.0 Å². The molecule has 0 atom stereocenters. The van der Waals surface area contributed by atoms with Crippen molar-refractivity contribution in [1.29, 1.82) is 0 Å². The molecular weight excluding hydrogens is 170 g/mol. The quantitative estimate of drug-likeness (QED) is 0.285. The molecule has 0 aliphatic carbocycles. The smallest absolute Gasteiger partial charge is 0.415 e. The maximum absolute atomic E-state index is 11.1. The van der Waals surface area contributed by atoms with Gasteiger partial charge in [-0.3, -0.25) is 0 Å².